The Hall–Kier alpha value is -1.22. The molecule has 1 aromatic carbocycles. The molecule has 2 heterocycles. The maximum atomic E-state index is 13.9. The van der Waals surface area contributed by atoms with Gasteiger partial charge in [0.1, 0.15) is 0 Å². The number of piperidine rings is 1. The van der Waals surface area contributed by atoms with Crippen molar-refractivity contribution in [3.8, 4) is 5.75 Å². The minimum Gasteiger partial charge on any atom is -0.494 e. The van der Waals surface area contributed by atoms with E-state index in [4.69, 9.17) is 4.74 Å². The van der Waals surface area contributed by atoms with Gasteiger partial charge >= 0.3 is 0 Å². The molecule has 8 heteroatoms. The van der Waals surface area contributed by atoms with E-state index in [-0.39, 0.29) is 11.6 Å². The smallest absolute Gasteiger partial charge is 0.282 e. The first-order valence-electron chi connectivity index (χ1n) is 9.59. The molecule has 27 heavy (non-hydrogen) atoms. The van der Waals surface area contributed by atoms with Crippen LogP contribution in [0.5, 0.6) is 5.75 Å². The fourth-order valence-electron chi connectivity index (χ4n) is 4.14. The Morgan fingerprint density at radius 3 is 2.26 bits per heavy atom. The lowest BCUT2D eigenvalue weighted by Gasteiger charge is -2.40. The molecule has 2 atom stereocenters. The molecule has 2 saturated heterocycles. The van der Waals surface area contributed by atoms with Crippen molar-refractivity contribution < 1.29 is 17.5 Å². The van der Waals surface area contributed by atoms with Crippen molar-refractivity contribution in [3.63, 3.8) is 0 Å². The molecular weight excluding hydrogens is 369 g/mol. The Morgan fingerprint density at radius 1 is 1.07 bits per heavy atom. The van der Waals surface area contributed by atoms with Gasteiger partial charge in [-0.1, -0.05) is 19.9 Å². The standard InChI is InChI=1S/C19H30FN3O3S/c1-15-10-16(2)13-23(12-15)27(24,25)22-8-6-21(7-9-22)14-17-4-5-19(26-3)18(20)11-17/h4-5,11,15-16H,6-10,12-14H2,1-3H3/t15-,16+. The van der Waals surface area contributed by atoms with E-state index in [9.17, 15) is 12.8 Å². The Labute approximate surface area is 162 Å². The van der Waals surface area contributed by atoms with Gasteiger partial charge < -0.3 is 4.74 Å². The van der Waals surface area contributed by atoms with Gasteiger partial charge in [-0.05, 0) is 36.0 Å². The highest BCUT2D eigenvalue weighted by molar-refractivity contribution is 7.86. The van der Waals surface area contributed by atoms with Crippen LogP contribution in [0.2, 0.25) is 0 Å². The number of methoxy groups -OCH3 is 1. The molecule has 2 aliphatic rings. The Balaban J connectivity index is 1.57. The zero-order valence-electron chi connectivity index (χ0n) is 16.4. The predicted octanol–water partition coefficient (Wildman–Crippen LogP) is 2.17. The summed E-state index contributed by atoms with van der Waals surface area (Å²) >= 11 is 0. The number of benzene rings is 1. The second-order valence-electron chi connectivity index (χ2n) is 7.91. The second-order valence-corrected chi connectivity index (χ2v) is 9.84. The highest BCUT2D eigenvalue weighted by Crippen LogP contribution is 2.25. The molecule has 0 unspecified atom stereocenters. The number of ether oxygens (including phenoxy) is 1. The summed E-state index contributed by atoms with van der Waals surface area (Å²) in [5.74, 6) is 0.661. The number of hydrogen-bond acceptors (Lipinski definition) is 4. The van der Waals surface area contributed by atoms with E-state index < -0.39 is 10.2 Å². The molecule has 0 bridgehead atoms. The van der Waals surface area contributed by atoms with Crippen molar-refractivity contribution in [3.05, 3.63) is 29.6 Å². The maximum Gasteiger partial charge on any atom is 0.282 e. The molecule has 152 valence electrons. The van der Waals surface area contributed by atoms with Crippen LogP contribution in [-0.4, -0.2) is 68.3 Å². The molecule has 0 saturated carbocycles. The molecule has 0 N–H and O–H groups in total. The van der Waals surface area contributed by atoms with Crippen molar-refractivity contribution in [1.82, 2.24) is 13.5 Å². The number of hydrogen-bond donors (Lipinski definition) is 0. The summed E-state index contributed by atoms with van der Waals surface area (Å²) in [5, 5.41) is 0. The fraction of sp³-hybridized carbons (Fsp3) is 0.684. The van der Waals surface area contributed by atoms with Crippen LogP contribution in [0.25, 0.3) is 0 Å². The van der Waals surface area contributed by atoms with E-state index in [1.807, 2.05) is 6.07 Å². The number of nitrogens with zero attached hydrogens (tertiary/aromatic N) is 3. The summed E-state index contributed by atoms with van der Waals surface area (Å²) in [4.78, 5) is 2.16. The topological polar surface area (TPSA) is 53.1 Å². The van der Waals surface area contributed by atoms with E-state index in [0.717, 1.165) is 12.0 Å². The van der Waals surface area contributed by atoms with E-state index >= 15 is 0 Å². The lowest BCUT2D eigenvalue weighted by molar-refractivity contribution is 0.162. The zero-order valence-corrected chi connectivity index (χ0v) is 17.2. The summed E-state index contributed by atoms with van der Waals surface area (Å²) in [6.07, 6.45) is 1.08. The van der Waals surface area contributed by atoms with Crippen LogP contribution in [-0.2, 0) is 16.8 Å². The van der Waals surface area contributed by atoms with Crippen molar-refractivity contribution >= 4 is 10.2 Å². The SMILES string of the molecule is COc1ccc(CN2CCN(S(=O)(=O)N3C[C@H](C)C[C@H](C)C3)CC2)cc1F. The zero-order chi connectivity index (χ0) is 19.6. The van der Waals surface area contributed by atoms with Crippen molar-refractivity contribution in [2.45, 2.75) is 26.8 Å². The van der Waals surface area contributed by atoms with Gasteiger partial charge in [-0.15, -0.1) is 0 Å². The fourth-order valence-corrected chi connectivity index (χ4v) is 5.98. The van der Waals surface area contributed by atoms with Crippen LogP contribution in [0.3, 0.4) is 0 Å². The molecule has 2 fully saturated rings. The summed E-state index contributed by atoms with van der Waals surface area (Å²) in [6.45, 7) is 8.29. The molecule has 6 nitrogen and oxygen atoms in total. The minimum atomic E-state index is -3.40. The van der Waals surface area contributed by atoms with Gasteiger partial charge in [0, 0.05) is 45.8 Å². The van der Waals surface area contributed by atoms with Crippen LogP contribution in [0.4, 0.5) is 4.39 Å². The van der Waals surface area contributed by atoms with Crippen LogP contribution in [0.1, 0.15) is 25.8 Å². The second kappa shape index (κ2) is 8.43. The van der Waals surface area contributed by atoms with E-state index in [1.54, 1.807) is 14.7 Å². The molecule has 0 aromatic heterocycles. The van der Waals surface area contributed by atoms with Gasteiger partial charge in [-0.3, -0.25) is 4.90 Å². The first kappa shape index (κ1) is 20.5. The molecule has 0 spiro atoms. The largest absolute Gasteiger partial charge is 0.494 e. The van der Waals surface area contributed by atoms with E-state index in [2.05, 4.69) is 18.7 Å². The number of halogens is 1. The van der Waals surface area contributed by atoms with Crippen LogP contribution < -0.4 is 4.74 Å². The van der Waals surface area contributed by atoms with Crippen molar-refractivity contribution in [2.75, 3.05) is 46.4 Å². The quantitative estimate of drug-likeness (QED) is 0.762. The summed E-state index contributed by atoms with van der Waals surface area (Å²) in [7, 11) is -1.95. The maximum absolute atomic E-state index is 13.9. The van der Waals surface area contributed by atoms with Gasteiger partial charge in [0.2, 0.25) is 0 Å². The Kier molecular flexibility index (Phi) is 6.40. The summed E-state index contributed by atoms with van der Waals surface area (Å²) in [6, 6.07) is 4.96. The first-order valence-corrected chi connectivity index (χ1v) is 11.0. The van der Waals surface area contributed by atoms with E-state index in [0.29, 0.717) is 57.6 Å². The Bertz CT molecular complexity index is 741. The third-order valence-corrected chi connectivity index (χ3v) is 7.41. The lowest BCUT2D eigenvalue weighted by atomic mass is 9.94. The third-order valence-electron chi connectivity index (χ3n) is 5.44. The first-order chi connectivity index (χ1) is 12.8. The van der Waals surface area contributed by atoms with Gasteiger partial charge in [-0.2, -0.15) is 17.0 Å². The highest BCUT2D eigenvalue weighted by Gasteiger charge is 2.36. The number of rotatable bonds is 5. The van der Waals surface area contributed by atoms with Gasteiger partial charge in [0.05, 0.1) is 7.11 Å². The van der Waals surface area contributed by atoms with Gasteiger partial charge in [0.15, 0.2) is 11.6 Å². The molecule has 1 aromatic rings. The van der Waals surface area contributed by atoms with Crippen molar-refractivity contribution in [2.24, 2.45) is 11.8 Å². The lowest BCUT2D eigenvalue weighted by Crippen LogP contribution is -2.55. The average Bonchev–Trinajstić information content (AvgIpc) is 2.61. The van der Waals surface area contributed by atoms with Crippen molar-refractivity contribution in [1.29, 1.82) is 0 Å². The molecule has 2 aliphatic heterocycles. The summed E-state index contributed by atoms with van der Waals surface area (Å²) in [5.41, 5.74) is 0.864. The Morgan fingerprint density at radius 2 is 1.70 bits per heavy atom. The third kappa shape index (κ3) is 4.80. The average molecular weight is 400 g/mol. The molecular formula is C19H30FN3O3S. The number of piperazine rings is 1. The monoisotopic (exact) mass is 399 g/mol. The molecule has 0 radical (unpaired) electrons. The summed E-state index contributed by atoms with van der Waals surface area (Å²) < 4.78 is 48.0. The normalized spacial score (nSPS) is 26.2. The predicted molar refractivity (Wildman–Crippen MR) is 103 cm³/mol. The highest BCUT2D eigenvalue weighted by atomic mass is 32.2. The van der Waals surface area contributed by atoms with Gasteiger partial charge in [-0.25, -0.2) is 4.39 Å². The molecule has 0 aliphatic carbocycles. The van der Waals surface area contributed by atoms with E-state index in [1.165, 1.54) is 13.2 Å². The molecule has 3 rings (SSSR count). The van der Waals surface area contributed by atoms with Crippen LogP contribution in [0, 0.1) is 17.7 Å². The minimum absolute atomic E-state index is 0.236. The molecule has 0 amide bonds. The van der Waals surface area contributed by atoms with Crippen LogP contribution >= 0.6 is 0 Å². The van der Waals surface area contributed by atoms with Gasteiger partial charge in [0.25, 0.3) is 10.2 Å². The van der Waals surface area contributed by atoms with Crippen LogP contribution in [0.15, 0.2) is 18.2 Å².